The molecule has 2 aromatic heterocycles. The Bertz CT molecular complexity index is 720. The van der Waals surface area contributed by atoms with Gasteiger partial charge in [-0.2, -0.15) is 0 Å². The number of benzene rings is 1. The highest BCUT2D eigenvalue weighted by Gasteiger charge is 2.23. The van der Waals surface area contributed by atoms with Crippen LogP contribution in [0.25, 0.3) is 0 Å². The summed E-state index contributed by atoms with van der Waals surface area (Å²) in [4.78, 5) is 21.4. The van der Waals surface area contributed by atoms with Gasteiger partial charge in [0.15, 0.2) is 0 Å². The molecule has 106 valence electrons. The van der Waals surface area contributed by atoms with Crippen LogP contribution in [0.5, 0.6) is 0 Å². The predicted molar refractivity (Wildman–Crippen MR) is 76.8 cm³/mol. The lowest BCUT2D eigenvalue weighted by atomic mass is 10.1. The molecule has 0 radical (unpaired) electrons. The number of nitrogens with one attached hydrogen (secondary N) is 1. The number of hydrogen-bond acceptors (Lipinski definition) is 4. The van der Waals surface area contributed by atoms with Crippen LogP contribution in [-0.4, -0.2) is 21.0 Å². The molecule has 21 heavy (non-hydrogen) atoms. The van der Waals surface area contributed by atoms with E-state index in [1.165, 1.54) is 6.20 Å². The highest BCUT2D eigenvalue weighted by atomic mass is 16.5. The van der Waals surface area contributed by atoms with E-state index in [1.54, 1.807) is 23.4 Å². The molecule has 0 unspecified atom stereocenters. The fourth-order valence-corrected chi connectivity index (χ4v) is 2.13. The van der Waals surface area contributed by atoms with Crippen LogP contribution in [-0.2, 0) is 6.54 Å². The first-order valence-corrected chi connectivity index (χ1v) is 6.52. The maximum absolute atomic E-state index is 12.6. The number of anilines is 1. The van der Waals surface area contributed by atoms with Crippen molar-refractivity contribution in [2.45, 2.75) is 13.5 Å². The van der Waals surface area contributed by atoms with E-state index in [9.17, 15) is 4.79 Å². The molecular formula is C15H14N4O2. The van der Waals surface area contributed by atoms with Crippen molar-refractivity contribution in [2.75, 3.05) is 4.90 Å². The van der Waals surface area contributed by atoms with Crippen LogP contribution in [0, 0.1) is 6.92 Å². The van der Waals surface area contributed by atoms with E-state index in [0.29, 0.717) is 12.4 Å². The number of para-hydroxylation sites is 1. The lowest BCUT2D eigenvalue weighted by Crippen LogP contribution is -2.31. The Balaban J connectivity index is 1.98. The molecule has 2 heterocycles. The maximum atomic E-state index is 12.6. The molecule has 3 rings (SSSR count). The molecule has 0 saturated heterocycles. The largest absolute Gasteiger partial charge is 0.351 e. The minimum atomic E-state index is -0.252. The van der Waals surface area contributed by atoms with Crippen molar-refractivity contribution in [3.05, 3.63) is 66.1 Å². The number of imidazole rings is 1. The van der Waals surface area contributed by atoms with Crippen LogP contribution < -0.4 is 4.90 Å². The Kier molecular flexibility index (Phi) is 3.51. The van der Waals surface area contributed by atoms with Gasteiger partial charge in [-0.25, -0.2) is 4.98 Å². The summed E-state index contributed by atoms with van der Waals surface area (Å²) in [6.45, 7) is 2.29. The molecule has 0 aliphatic carbocycles. The van der Waals surface area contributed by atoms with Gasteiger partial charge in [0, 0.05) is 24.1 Å². The number of hydrogen-bond donors (Lipinski definition) is 1. The lowest BCUT2D eigenvalue weighted by Gasteiger charge is -2.22. The molecule has 3 aromatic rings. The minimum absolute atomic E-state index is 0.199. The minimum Gasteiger partial charge on any atom is -0.351 e. The van der Waals surface area contributed by atoms with Gasteiger partial charge >= 0.3 is 0 Å². The van der Waals surface area contributed by atoms with Gasteiger partial charge in [0.25, 0.3) is 5.91 Å². The predicted octanol–water partition coefficient (Wildman–Crippen LogP) is 2.55. The Hall–Kier alpha value is -2.89. The van der Waals surface area contributed by atoms with E-state index in [2.05, 4.69) is 15.1 Å². The third kappa shape index (κ3) is 2.69. The monoisotopic (exact) mass is 282 g/mol. The molecule has 6 nitrogen and oxygen atoms in total. The molecular weight excluding hydrogens is 268 g/mol. The van der Waals surface area contributed by atoms with Gasteiger partial charge < -0.3 is 9.51 Å². The number of aromatic amines is 1. The average Bonchev–Trinajstić information content (AvgIpc) is 3.18. The summed E-state index contributed by atoms with van der Waals surface area (Å²) in [6, 6.07) is 9.23. The van der Waals surface area contributed by atoms with Crippen molar-refractivity contribution in [1.29, 1.82) is 0 Å². The summed E-state index contributed by atoms with van der Waals surface area (Å²) in [5.74, 6) is 0.647. The quantitative estimate of drug-likeness (QED) is 0.798. The van der Waals surface area contributed by atoms with E-state index in [4.69, 9.17) is 4.52 Å². The average molecular weight is 282 g/mol. The molecule has 0 saturated carbocycles. The summed E-state index contributed by atoms with van der Waals surface area (Å²) < 4.78 is 4.98. The van der Waals surface area contributed by atoms with E-state index < -0.39 is 0 Å². The Labute approximate surface area is 121 Å². The van der Waals surface area contributed by atoms with Gasteiger partial charge in [-0.1, -0.05) is 23.4 Å². The van der Waals surface area contributed by atoms with Crippen molar-refractivity contribution < 1.29 is 9.32 Å². The third-order valence-corrected chi connectivity index (χ3v) is 3.16. The van der Waals surface area contributed by atoms with Gasteiger partial charge in [0.05, 0.1) is 12.7 Å². The second kappa shape index (κ2) is 5.62. The topological polar surface area (TPSA) is 75.0 Å². The van der Waals surface area contributed by atoms with Crippen LogP contribution in [0.1, 0.15) is 21.9 Å². The zero-order valence-corrected chi connectivity index (χ0v) is 11.5. The van der Waals surface area contributed by atoms with Gasteiger partial charge in [-0.3, -0.25) is 9.69 Å². The first-order chi connectivity index (χ1) is 10.3. The normalized spacial score (nSPS) is 10.5. The van der Waals surface area contributed by atoms with Gasteiger partial charge in [-0.05, 0) is 18.6 Å². The fraction of sp³-hybridized carbons (Fsp3) is 0.133. The standard InChI is InChI=1S/C15H14N4O2/c1-11-4-2-3-5-12(11)19(10-14-16-8-9-17-14)15(20)13-6-7-18-21-13/h2-9H,10H2,1H3,(H,16,17). The van der Waals surface area contributed by atoms with Crippen LogP contribution in [0.2, 0.25) is 0 Å². The van der Waals surface area contributed by atoms with Crippen molar-refractivity contribution in [1.82, 2.24) is 15.1 Å². The van der Waals surface area contributed by atoms with Crippen LogP contribution >= 0.6 is 0 Å². The molecule has 1 amide bonds. The smallest absolute Gasteiger partial charge is 0.297 e. The summed E-state index contributed by atoms with van der Waals surface area (Å²) >= 11 is 0. The third-order valence-electron chi connectivity index (χ3n) is 3.16. The first-order valence-electron chi connectivity index (χ1n) is 6.52. The first kappa shape index (κ1) is 13.1. The van der Waals surface area contributed by atoms with Crippen molar-refractivity contribution in [3.8, 4) is 0 Å². The second-order valence-electron chi connectivity index (χ2n) is 4.59. The number of H-pyrrole nitrogens is 1. The number of carbonyl (C=O) groups excluding carboxylic acids is 1. The molecule has 0 aliphatic rings. The number of aryl methyl sites for hydroxylation is 1. The SMILES string of the molecule is Cc1ccccc1N(Cc1ncc[nH]1)C(=O)c1ccno1. The van der Waals surface area contributed by atoms with Gasteiger partial charge in [0.1, 0.15) is 5.82 Å². The van der Waals surface area contributed by atoms with Crippen molar-refractivity contribution in [3.63, 3.8) is 0 Å². The highest BCUT2D eigenvalue weighted by molar-refractivity contribution is 6.04. The summed E-state index contributed by atoms with van der Waals surface area (Å²) in [6.07, 6.45) is 4.84. The summed E-state index contributed by atoms with van der Waals surface area (Å²) in [5, 5.41) is 3.59. The molecule has 1 aromatic carbocycles. The molecule has 0 aliphatic heterocycles. The number of rotatable bonds is 4. The molecule has 0 bridgehead atoms. The number of amides is 1. The number of aromatic nitrogens is 3. The van der Waals surface area contributed by atoms with Gasteiger partial charge in [-0.15, -0.1) is 0 Å². The molecule has 6 heteroatoms. The van der Waals surface area contributed by atoms with Crippen LogP contribution in [0.3, 0.4) is 0 Å². The van der Waals surface area contributed by atoms with E-state index in [1.807, 2.05) is 31.2 Å². The molecule has 0 atom stereocenters. The maximum Gasteiger partial charge on any atom is 0.297 e. The summed E-state index contributed by atoms with van der Waals surface area (Å²) in [5.41, 5.74) is 1.81. The highest BCUT2D eigenvalue weighted by Crippen LogP contribution is 2.23. The lowest BCUT2D eigenvalue weighted by molar-refractivity contribution is 0.0948. The summed E-state index contributed by atoms with van der Waals surface area (Å²) in [7, 11) is 0. The fourth-order valence-electron chi connectivity index (χ4n) is 2.13. The van der Waals surface area contributed by atoms with Crippen molar-refractivity contribution in [2.24, 2.45) is 0 Å². The number of carbonyl (C=O) groups is 1. The van der Waals surface area contributed by atoms with Gasteiger partial charge in [0.2, 0.25) is 5.76 Å². The van der Waals surface area contributed by atoms with E-state index in [-0.39, 0.29) is 11.7 Å². The Morgan fingerprint density at radius 2 is 2.14 bits per heavy atom. The van der Waals surface area contributed by atoms with Crippen LogP contribution in [0.15, 0.2) is 53.4 Å². The molecule has 0 spiro atoms. The molecule has 1 N–H and O–H groups in total. The second-order valence-corrected chi connectivity index (χ2v) is 4.59. The zero-order chi connectivity index (χ0) is 14.7. The van der Waals surface area contributed by atoms with Crippen LogP contribution in [0.4, 0.5) is 5.69 Å². The zero-order valence-electron chi connectivity index (χ0n) is 11.5. The van der Waals surface area contributed by atoms with E-state index >= 15 is 0 Å². The molecule has 0 fully saturated rings. The number of nitrogens with zero attached hydrogens (tertiary/aromatic N) is 3. The Morgan fingerprint density at radius 3 is 2.81 bits per heavy atom. The van der Waals surface area contributed by atoms with E-state index in [0.717, 1.165) is 11.3 Å². The Morgan fingerprint density at radius 1 is 1.29 bits per heavy atom. The van der Waals surface area contributed by atoms with Crippen molar-refractivity contribution >= 4 is 11.6 Å².